The zero-order valence-electron chi connectivity index (χ0n) is 8.69. The summed E-state index contributed by atoms with van der Waals surface area (Å²) in [6.45, 7) is 0. The number of aldehydes is 1. The molecule has 0 radical (unpaired) electrons. The second kappa shape index (κ2) is 5.10. The summed E-state index contributed by atoms with van der Waals surface area (Å²) in [6.07, 6.45) is 0.182. The van der Waals surface area contributed by atoms with Gasteiger partial charge in [0.1, 0.15) is 11.6 Å². The van der Waals surface area contributed by atoms with Gasteiger partial charge in [0, 0.05) is 9.79 Å². The Kier molecular flexibility index (Phi) is 3.54. The average Bonchev–Trinajstić information content (AvgIpc) is 2.30. The summed E-state index contributed by atoms with van der Waals surface area (Å²) in [7, 11) is 0. The van der Waals surface area contributed by atoms with Gasteiger partial charge < -0.3 is 0 Å². The van der Waals surface area contributed by atoms with E-state index in [4.69, 9.17) is 0 Å². The summed E-state index contributed by atoms with van der Waals surface area (Å²) in [5, 5.41) is 0. The Balaban J connectivity index is 2.32. The van der Waals surface area contributed by atoms with E-state index in [9.17, 15) is 13.6 Å². The minimum Gasteiger partial charge on any atom is -0.298 e. The maximum absolute atomic E-state index is 13.3. The minimum atomic E-state index is -0.835. The molecular formula is C13H8F2OS. The number of rotatable bonds is 3. The lowest BCUT2D eigenvalue weighted by molar-refractivity contribution is 0.111. The van der Waals surface area contributed by atoms with Gasteiger partial charge in [-0.3, -0.25) is 4.79 Å². The van der Waals surface area contributed by atoms with Gasteiger partial charge in [0.25, 0.3) is 0 Å². The van der Waals surface area contributed by atoms with Crippen LogP contribution in [-0.2, 0) is 0 Å². The molecule has 0 N–H and O–H groups in total. The van der Waals surface area contributed by atoms with E-state index in [1.807, 2.05) is 30.3 Å². The van der Waals surface area contributed by atoms with Crippen molar-refractivity contribution in [1.82, 2.24) is 0 Å². The summed E-state index contributed by atoms with van der Waals surface area (Å²) in [5.74, 6) is -1.67. The quantitative estimate of drug-likeness (QED) is 0.768. The zero-order chi connectivity index (χ0) is 12.3. The van der Waals surface area contributed by atoms with E-state index in [-0.39, 0.29) is 6.29 Å². The molecule has 0 aliphatic carbocycles. The predicted molar refractivity (Wildman–Crippen MR) is 62.3 cm³/mol. The van der Waals surface area contributed by atoms with Gasteiger partial charge in [-0.1, -0.05) is 30.0 Å². The fourth-order valence-electron chi connectivity index (χ4n) is 1.36. The standard InChI is InChI=1S/C13H8F2OS/c14-12-6-10(7-13(15)11(12)8-16)17-9-4-2-1-3-5-9/h1-8H. The van der Waals surface area contributed by atoms with Crippen LogP contribution in [-0.4, -0.2) is 6.29 Å². The molecule has 1 nitrogen and oxygen atoms in total. The highest BCUT2D eigenvalue weighted by atomic mass is 32.2. The summed E-state index contributed by atoms with van der Waals surface area (Å²) < 4.78 is 26.7. The molecule has 0 saturated carbocycles. The molecule has 0 bridgehead atoms. The lowest BCUT2D eigenvalue weighted by atomic mass is 10.2. The largest absolute Gasteiger partial charge is 0.298 e. The van der Waals surface area contributed by atoms with Gasteiger partial charge >= 0.3 is 0 Å². The van der Waals surface area contributed by atoms with E-state index in [2.05, 4.69) is 0 Å². The zero-order valence-corrected chi connectivity index (χ0v) is 9.51. The van der Waals surface area contributed by atoms with Crippen LogP contribution in [0.4, 0.5) is 8.78 Å². The first-order valence-electron chi connectivity index (χ1n) is 4.88. The molecule has 4 heteroatoms. The fraction of sp³-hybridized carbons (Fsp3) is 0. The summed E-state index contributed by atoms with van der Waals surface area (Å²) in [4.78, 5) is 11.7. The molecule has 0 aliphatic heterocycles. The normalized spacial score (nSPS) is 10.2. The van der Waals surface area contributed by atoms with Crippen LogP contribution < -0.4 is 0 Å². The molecule has 0 unspecified atom stereocenters. The molecule has 0 fully saturated rings. The molecule has 0 atom stereocenters. The van der Waals surface area contributed by atoms with E-state index in [0.29, 0.717) is 4.90 Å². The number of carbonyl (C=O) groups excluding carboxylic acids is 1. The van der Waals surface area contributed by atoms with Crippen LogP contribution in [0.15, 0.2) is 52.3 Å². The molecule has 0 saturated heterocycles. The Morgan fingerprint density at radius 2 is 1.53 bits per heavy atom. The first-order valence-corrected chi connectivity index (χ1v) is 5.69. The number of carbonyl (C=O) groups is 1. The number of hydrogen-bond acceptors (Lipinski definition) is 2. The van der Waals surface area contributed by atoms with E-state index in [1.165, 1.54) is 11.8 Å². The maximum atomic E-state index is 13.3. The van der Waals surface area contributed by atoms with Crippen LogP contribution in [0, 0.1) is 11.6 Å². The van der Waals surface area contributed by atoms with Gasteiger partial charge in [0.2, 0.25) is 0 Å². The molecule has 86 valence electrons. The highest BCUT2D eigenvalue weighted by molar-refractivity contribution is 7.99. The van der Waals surface area contributed by atoms with Crippen molar-refractivity contribution in [2.45, 2.75) is 9.79 Å². The lowest BCUT2D eigenvalue weighted by Crippen LogP contribution is -1.93. The second-order valence-electron chi connectivity index (χ2n) is 3.33. The third-order valence-electron chi connectivity index (χ3n) is 2.15. The third kappa shape index (κ3) is 2.71. The molecule has 0 aliphatic rings. The summed E-state index contributed by atoms with van der Waals surface area (Å²) in [6, 6.07) is 11.5. The van der Waals surface area contributed by atoms with Crippen molar-refractivity contribution >= 4 is 18.0 Å². The highest BCUT2D eigenvalue weighted by Crippen LogP contribution is 2.29. The van der Waals surface area contributed by atoms with Crippen molar-refractivity contribution < 1.29 is 13.6 Å². The van der Waals surface area contributed by atoms with E-state index < -0.39 is 17.2 Å². The Hall–Kier alpha value is -1.68. The monoisotopic (exact) mass is 250 g/mol. The van der Waals surface area contributed by atoms with Crippen LogP contribution >= 0.6 is 11.8 Å². The molecule has 2 aromatic carbocycles. The molecule has 17 heavy (non-hydrogen) atoms. The van der Waals surface area contributed by atoms with E-state index in [0.717, 1.165) is 17.0 Å². The Labute approximate surface area is 101 Å². The molecule has 0 heterocycles. The summed E-state index contributed by atoms with van der Waals surface area (Å²) in [5.41, 5.74) is -0.526. The van der Waals surface area contributed by atoms with Gasteiger partial charge in [-0.05, 0) is 24.3 Å². The van der Waals surface area contributed by atoms with Gasteiger partial charge in [-0.25, -0.2) is 8.78 Å². The average molecular weight is 250 g/mol. The van der Waals surface area contributed by atoms with Gasteiger partial charge in [-0.2, -0.15) is 0 Å². The molecular weight excluding hydrogens is 242 g/mol. The predicted octanol–water partition coefficient (Wildman–Crippen LogP) is 3.93. The molecule has 2 rings (SSSR count). The Morgan fingerprint density at radius 3 is 2.06 bits per heavy atom. The van der Waals surface area contributed by atoms with Crippen molar-refractivity contribution in [2.75, 3.05) is 0 Å². The first kappa shape index (κ1) is 11.8. The number of benzene rings is 2. The van der Waals surface area contributed by atoms with Crippen LogP contribution in [0.1, 0.15) is 10.4 Å². The lowest BCUT2D eigenvalue weighted by Gasteiger charge is -2.04. The van der Waals surface area contributed by atoms with E-state index in [1.54, 1.807) is 0 Å². The highest BCUT2D eigenvalue weighted by Gasteiger charge is 2.10. The first-order chi connectivity index (χ1) is 8.20. The molecule has 0 spiro atoms. The van der Waals surface area contributed by atoms with Crippen LogP contribution in [0.25, 0.3) is 0 Å². The topological polar surface area (TPSA) is 17.1 Å². The van der Waals surface area contributed by atoms with Crippen molar-refractivity contribution in [3.63, 3.8) is 0 Å². The third-order valence-corrected chi connectivity index (χ3v) is 3.13. The summed E-state index contributed by atoms with van der Waals surface area (Å²) >= 11 is 1.24. The van der Waals surface area contributed by atoms with Crippen molar-refractivity contribution in [3.05, 3.63) is 59.7 Å². The van der Waals surface area contributed by atoms with Gasteiger partial charge in [0.15, 0.2) is 6.29 Å². The molecule has 2 aromatic rings. The number of hydrogen-bond donors (Lipinski definition) is 0. The van der Waals surface area contributed by atoms with Crippen molar-refractivity contribution in [2.24, 2.45) is 0 Å². The Morgan fingerprint density at radius 1 is 0.941 bits per heavy atom. The fourth-order valence-corrected chi connectivity index (χ4v) is 2.25. The van der Waals surface area contributed by atoms with Crippen molar-refractivity contribution in [3.8, 4) is 0 Å². The van der Waals surface area contributed by atoms with Crippen LogP contribution in [0.5, 0.6) is 0 Å². The SMILES string of the molecule is O=Cc1c(F)cc(Sc2ccccc2)cc1F. The number of halogens is 2. The van der Waals surface area contributed by atoms with Crippen LogP contribution in [0.2, 0.25) is 0 Å². The smallest absolute Gasteiger partial charge is 0.155 e. The Bertz CT molecular complexity index is 517. The van der Waals surface area contributed by atoms with Crippen molar-refractivity contribution in [1.29, 1.82) is 0 Å². The van der Waals surface area contributed by atoms with E-state index >= 15 is 0 Å². The molecule has 0 aromatic heterocycles. The molecule has 0 amide bonds. The minimum absolute atomic E-state index is 0.182. The maximum Gasteiger partial charge on any atom is 0.155 e. The second-order valence-corrected chi connectivity index (χ2v) is 4.48. The van der Waals surface area contributed by atoms with Gasteiger partial charge in [-0.15, -0.1) is 0 Å². The van der Waals surface area contributed by atoms with Gasteiger partial charge in [0.05, 0.1) is 5.56 Å². The van der Waals surface area contributed by atoms with Crippen LogP contribution in [0.3, 0.4) is 0 Å².